The summed E-state index contributed by atoms with van der Waals surface area (Å²) >= 11 is 0. The summed E-state index contributed by atoms with van der Waals surface area (Å²) in [5.74, 6) is 0.647. The summed E-state index contributed by atoms with van der Waals surface area (Å²) in [6, 6.07) is 13.6. The molecule has 5 rings (SSSR count). The van der Waals surface area contributed by atoms with Crippen LogP contribution in [0.4, 0.5) is 11.4 Å². The Labute approximate surface area is 209 Å². The van der Waals surface area contributed by atoms with Gasteiger partial charge in [-0.2, -0.15) is 4.98 Å². The van der Waals surface area contributed by atoms with Crippen LogP contribution in [-0.4, -0.2) is 35.1 Å². The van der Waals surface area contributed by atoms with Gasteiger partial charge >= 0.3 is 6.01 Å². The zero-order chi connectivity index (χ0) is 25.1. The quantitative estimate of drug-likeness (QED) is 0.255. The summed E-state index contributed by atoms with van der Waals surface area (Å²) < 4.78 is 10.5. The highest BCUT2D eigenvalue weighted by Crippen LogP contribution is 2.36. The van der Waals surface area contributed by atoms with E-state index >= 15 is 0 Å². The lowest BCUT2D eigenvalue weighted by Crippen LogP contribution is -2.29. The monoisotopic (exact) mass is 484 g/mol. The lowest BCUT2D eigenvalue weighted by atomic mass is 9.97. The Hall–Kier alpha value is -4.40. The molecular formula is C27H28N6O3. The molecule has 0 spiro atoms. The maximum atomic E-state index is 12.8. The van der Waals surface area contributed by atoms with Gasteiger partial charge in [0, 0.05) is 23.5 Å². The van der Waals surface area contributed by atoms with Gasteiger partial charge in [-0.05, 0) is 60.2 Å². The number of benzene rings is 2. The Morgan fingerprint density at radius 1 is 1.00 bits per heavy atom. The highest BCUT2D eigenvalue weighted by Gasteiger charge is 2.18. The molecule has 9 heteroatoms. The van der Waals surface area contributed by atoms with E-state index in [0.29, 0.717) is 28.6 Å². The number of nitrogens with one attached hydrogen (secondary N) is 2. The number of pyridine rings is 1. The highest BCUT2D eigenvalue weighted by molar-refractivity contribution is 5.98. The Morgan fingerprint density at radius 2 is 1.83 bits per heavy atom. The third-order valence-corrected chi connectivity index (χ3v) is 6.49. The standard InChI is InChI=1S/C27H28N6O3/c1-35-26-23(15-30-27(31-26)36-2)17-7-8-18-9-20(14-29-24(18)12-17)25(34)33-32-22-11-19(10-21(28)13-22)16-5-3-4-6-16/h7-16,32H,3-6,28H2,1-2H3,(H,33,34). The number of carbonyl (C=O) groups excluding carboxylic acids is 1. The zero-order valence-electron chi connectivity index (χ0n) is 20.2. The van der Waals surface area contributed by atoms with Gasteiger partial charge in [0.15, 0.2) is 0 Å². The smallest absolute Gasteiger partial charge is 0.319 e. The van der Waals surface area contributed by atoms with Crippen LogP contribution in [0.5, 0.6) is 11.9 Å². The van der Waals surface area contributed by atoms with E-state index in [1.165, 1.54) is 38.4 Å². The lowest BCUT2D eigenvalue weighted by Gasteiger charge is -2.15. The first-order chi connectivity index (χ1) is 17.5. The molecule has 36 heavy (non-hydrogen) atoms. The first-order valence-electron chi connectivity index (χ1n) is 11.9. The number of hydrazine groups is 1. The molecule has 2 heterocycles. The van der Waals surface area contributed by atoms with E-state index in [-0.39, 0.29) is 11.9 Å². The van der Waals surface area contributed by atoms with Crippen LogP contribution in [0.2, 0.25) is 0 Å². The van der Waals surface area contributed by atoms with Crippen molar-refractivity contribution in [1.29, 1.82) is 0 Å². The van der Waals surface area contributed by atoms with Crippen molar-refractivity contribution < 1.29 is 14.3 Å². The average Bonchev–Trinajstić information content (AvgIpc) is 3.46. The number of nitrogens with zero attached hydrogens (tertiary/aromatic N) is 3. The van der Waals surface area contributed by atoms with Gasteiger partial charge in [0.05, 0.1) is 36.6 Å². The second-order valence-corrected chi connectivity index (χ2v) is 8.86. The molecule has 0 radical (unpaired) electrons. The normalized spacial score (nSPS) is 13.5. The molecule has 1 fully saturated rings. The van der Waals surface area contributed by atoms with Crippen LogP contribution in [0.3, 0.4) is 0 Å². The van der Waals surface area contributed by atoms with Crippen molar-refractivity contribution in [2.75, 3.05) is 25.4 Å². The number of ether oxygens (including phenoxy) is 2. The van der Waals surface area contributed by atoms with Crippen LogP contribution >= 0.6 is 0 Å². The number of amides is 1. The van der Waals surface area contributed by atoms with Gasteiger partial charge in [-0.25, -0.2) is 4.98 Å². The van der Waals surface area contributed by atoms with Crippen LogP contribution in [0.25, 0.3) is 22.0 Å². The van der Waals surface area contributed by atoms with Gasteiger partial charge in [0.2, 0.25) is 5.88 Å². The zero-order valence-corrected chi connectivity index (χ0v) is 20.2. The van der Waals surface area contributed by atoms with Crippen molar-refractivity contribution in [3.05, 3.63) is 66.0 Å². The van der Waals surface area contributed by atoms with Gasteiger partial charge in [0.1, 0.15) is 0 Å². The SMILES string of the molecule is COc1ncc(-c2ccc3cc(C(=O)NNc4cc(N)cc(C5CCCC5)c4)cnc3c2)c(OC)n1. The Bertz CT molecular complexity index is 1420. The van der Waals surface area contributed by atoms with Gasteiger partial charge in [-0.1, -0.05) is 25.0 Å². The van der Waals surface area contributed by atoms with Crippen LogP contribution in [0, 0.1) is 0 Å². The third-order valence-electron chi connectivity index (χ3n) is 6.49. The van der Waals surface area contributed by atoms with Crippen molar-refractivity contribution in [3.63, 3.8) is 0 Å². The molecule has 1 aliphatic carbocycles. The fourth-order valence-electron chi connectivity index (χ4n) is 4.66. The summed E-state index contributed by atoms with van der Waals surface area (Å²) in [4.78, 5) is 25.7. The van der Waals surface area contributed by atoms with Crippen molar-refractivity contribution in [3.8, 4) is 23.0 Å². The molecule has 4 aromatic rings. The predicted octanol–water partition coefficient (Wildman–Crippen LogP) is 4.71. The van der Waals surface area contributed by atoms with Crippen molar-refractivity contribution in [2.24, 2.45) is 0 Å². The first-order valence-corrected chi connectivity index (χ1v) is 11.9. The summed E-state index contributed by atoms with van der Waals surface area (Å²) in [7, 11) is 3.05. The topological polar surface area (TPSA) is 124 Å². The van der Waals surface area contributed by atoms with E-state index in [2.05, 4.69) is 31.9 Å². The predicted molar refractivity (Wildman–Crippen MR) is 139 cm³/mol. The van der Waals surface area contributed by atoms with Gasteiger partial charge in [-0.3, -0.25) is 20.6 Å². The molecule has 0 unspecified atom stereocenters. The van der Waals surface area contributed by atoms with E-state index in [1.54, 1.807) is 25.6 Å². The van der Waals surface area contributed by atoms with Crippen molar-refractivity contribution in [2.45, 2.75) is 31.6 Å². The second kappa shape index (κ2) is 10.1. The van der Waals surface area contributed by atoms with Crippen LogP contribution in [-0.2, 0) is 0 Å². The minimum absolute atomic E-state index is 0.228. The van der Waals surface area contributed by atoms with E-state index in [0.717, 1.165) is 22.2 Å². The molecule has 9 nitrogen and oxygen atoms in total. The number of rotatable bonds is 7. The van der Waals surface area contributed by atoms with Crippen molar-refractivity contribution >= 4 is 28.2 Å². The highest BCUT2D eigenvalue weighted by atomic mass is 16.5. The van der Waals surface area contributed by atoms with E-state index in [1.807, 2.05) is 30.3 Å². The molecule has 1 saturated carbocycles. The van der Waals surface area contributed by atoms with Gasteiger partial charge in [-0.15, -0.1) is 0 Å². The second-order valence-electron chi connectivity index (χ2n) is 8.86. The summed E-state index contributed by atoms with van der Waals surface area (Å²) in [6.45, 7) is 0. The van der Waals surface area contributed by atoms with Crippen LogP contribution < -0.4 is 26.1 Å². The first kappa shape index (κ1) is 23.3. The minimum Gasteiger partial charge on any atom is -0.480 e. The Balaban J connectivity index is 1.32. The van der Waals surface area contributed by atoms with E-state index < -0.39 is 0 Å². The number of hydrogen-bond acceptors (Lipinski definition) is 8. The number of methoxy groups -OCH3 is 2. The summed E-state index contributed by atoms with van der Waals surface area (Å²) in [5, 5.41) is 0.826. The fourth-order valence-corrected chi connectivity index (χ4v) is 4.66. The number of nitrogen functional groups attached to an aromatic ring is 1. The van der Waals surface area contributed by atoms with Crippen LogP contribution in [0.15, 0.2) is 54.9 Å². The van der Waals surface area contributed by atoms with E-state index in [4.69, 9.17) is 15.2 Å². The number of fused-ring (bicyclic) bond motifs is 1. The largest absolute Gasteiger partial charge is 0.480 e. The molecule has 0 saturated heterocycles. The molecule has 2 aromatic heterocycles. The maximum Gasteiger partial charge on any atom is 0.319 e. The molecule has 4 N–H and O–H groups in total. The number of hydrogen-bond donors (Lipinski definition) is 3. The maximum absolute atomic E-state index is 12.8. The number of aromatic nitrogens is 3. The van der Waals surface area contributed by atoms with Crippen LogP contribution in [0.1, 0.15) is 47.5 Å². The minimum atomic E-state index is -0.288. The number of nitrogens with two attached hydrogens (primary N) is 1. The van der Waals surface area contributed by atoms with Crippen molar-refractivity contribution in [1.82, 2.24) is 20.4 Å². The molecule has 1 amide bonds. The molecule has 0 aliphatic heterocycles. The Morgan fingerprint density at radius 3 is 2.61 bits per heavy atom. The molecular weight excluding hydrogens is 456 g/mol. The molecule has 1 aliphatic rings. The number of carbonyl (C=O) groups is 1. The lowest BCUT2D eigenvalue weighted by molar-refractivity contribution is 0.0962. The summed E-state index contributed by atoms with van der Waals surface area (Å²) in [6.07, 6.45) is 8.05. The Kier molecular flexibility index (Phi) is 6.53. The fraction of sp³-hybridized carbons (Fsp3) is 0.259. The summed E-state index contributed by atoms with van der Waals surface area (Å²) in [5.41, 5.74) is 17.2. The van der Waals surface area contributed by atoms with Gasteiger partial charge < -0.3 is 15.2 Å². The number of anilines is 2. The molecule has 2 aromatic carbocycles. The van der Waals surface area contributed by atoms with E-state index in [9.17, 15) is 4.79 Å². The third kappa shape index (κ3) is 4.86. The average molecular weight is 485 g/mol. The molecule has 0 atom stereocenters. The molecule has 0 bridgehead atoms. The van der Waals surface area contributed by atoms with Gasteiger partial charge in [0.25, 0.3) is 5.91 Å². The molecule has 184 valence electrons.